The molecular weight excluding hydrogens is 528 g/mol. The molecule has 4 nitrogen and oxygen atoms in total. The SMILES string of the molecule is N#CCCCCC[C@@H]1C[C@@H](COC(c2ccccc2)(c2ccccc2)c2ccccc2)N(CCCc2ccccc2)C1=O. The highest BCUT2D eigenvalue weighted by atomic mass is 16.5. The first-order valence-corrected chi connectivity index (χ1v) is 15.7. The van der Waals surface area contributed by atoms with Gasteiger partial charge in [0, 0.05) is 18.9 Å². The molecule has 5 rings (SSSR count). The largest absolute Gasteiger partial charge is 0.359 e. The molecule has 4 heteroatoms. The second kappa shape index (κ2) is 15.3. The zero-order valence-electron chi connectivity index (χ0n) is 25.0. The lowest BCUT2D eigenvalue weighted by Crippen LogP contribution is -2.41. The molecule has 43 heavy (non-hydrogen) atoms. The average molecular weight is 571 g/mol. The fourth-order valence-electron chi connectivity index (χ4n) is 6.52. The van der Waals surface area contributed by atoms with Gasteiger partial charge in [-0.25, -0.2) is 0 Å². The molecule has 1 heterocycles. The second-order valence-corrected chi connectivity index (χ2v) is 11.6. The fraction of sp³-hybridized carbons (Fsp3) is 0.333. The molecule has 4 aromatic rings. The van der Waals surface area contributed by atoms with E-state index in [1.807, 2.05) is 24.3 Å². The van der Waals surface area contributed by atoms with Gasteiger partial charge in [-0.1, -0.05) is 134 Å². The number of hydrogen-bond donors (Lipinski definition) is 0. The Bertz CT molecular complexity index is 1340. The van der Waals surface area contributed by atoms with Crippen LogP contribution >= 0.6 is 0 Å². The van der Waals surface area contributed by atoms with E-state index in [0.29, 0.717) is 13.0 Å². The first-order chi connectivity index (χ1) is 21.2. The minimum absolute atomic E-state index is 0.00268. The van der Waals surface area contributed by atoms with Gasteiger partial charge >= 0.3 is 0 Å². The molecule has 1 amide bonds. The minimum atomic E-state index is -0.808. The summed E-state index contributed by atoms with van der Waals surface area (Å²) in [5.41, 5.74) is 3.70. The molecule has 0 N–H and O–H groups in total. The summed E-state index contributed by atoms with van der Waals surface area (Å²) < 4.78 is 7.19. The van der Waals surface area contributed by atoms with Crippen LogP contribution < -0.4 is 0 Å². The van der Waals surface area contributed by atoms with Gasteiger partial charge in [0.15, 0.2) is 0 Å². The van der Waals surface area contributed by atoms with Gasteiger partial charge in [0.1, 0.15) is 5.60 Å². The molecule has 1 aliphatic heterocycles. The van der Waals surface area contributed by atoms with E-state index < -0.39 is 5.60 Å². The molecule has 220 valence electrons. The van der Waals surface area contributed by atoms with Crippen molar-refractivity contribution in [1.82, 2.24) is 4.90 Å². The molecule has 1 aliphatic rings. The molecule has 0 radical (unpaired) electrons. The van der Waals surface area contributed by atoms with Crippen molar-refractivity contribution < 1.29 is 9.53 Å². The van der Waals surface area contributed by atoms with Crippen molar-refractivity contribution in [2.75, 3.05) is 13.2 Å². The number of hydrogen-bond acceptors (Lipinski definition) is 3. The Kier molecular flexibility index (Phi) is 10.8. The monoisotopic (exact) mass is 570 g/mol. The van der Waals surface area contributed by atoms with Gasteiger partial charge in [-0.05, 0) is 54.4 Å². The van der Waals surface area contributed by atoms with Crippen molar-refractivity contribution in [3.63, 3.8) is 0 Å². The van der Waals surface area contributed by atoms with Crippen molar-refractivity contribution in [1.29, 1.82) is 5.26 Å². The predicted octanol–water partition coefficient (Wildman–Crippen LogP) is 8.32. The maximum Gasteiger partial charge on any atom is 0.226 e. The molecule has 2 atom stereocenters. The number of aryl methyl sites for hydroxylation is 1. The summed E-state index contributed by atoms with van der Waals surface area (Å²) in [6.07, 6.45) is 6.99. The number of unbranched alkanes of at least 4 members (excludes halogenated alkanes) is 3. The zero-order valence-corrected chi connectivity index (χ0v) is 25.0. The lowest BCUT2D eigenvalue weighted by molar-refractivity contribution is -0.133. The van der Waals surface area contributed by atoms with Crippen LogP contribution in [0.25, 0.3) is 0 Å². The van der Waals surface area contributed by atoms with E-state index in [4.69, 9.17) is 10.00 Å². The van der Waals surface area contributed by atoms with Crippen molar-refractivity contribution >= 4 is 5.91 Å². The third-order valence-electron chi connectivity index (χ3n) is 8.71. The lowest BCUT2D eigenvalue weighted by atomic mass is 9.80. The van der Waals surface area contributed by atoms with Crippen LogP contribution in [0.15, 0.2) is 121 Å². The van der Waals surface area contributed by atoms with E-state index in [1.54, 1.807) is 0 Å². The average Bonchev–Trinajstić information content (AvgIpc) is 3.37. The summed E-state index contributed by atoms with van der Waals surface area (Å²) >= 11 is 0. The number of ether oxygens (including phenoxy) is 1. The number of amides is 1. The molecule has 1 saturated heterocycles. The van der Waals surface area contributed by atoms with Gasteiger partial charge in [-0.2, -0.15) is 5.26 Å². The van der Waals surface area contributed by atoms with Crippen LogP contribution in [-0.2, 0) is 21.6 Å². The number of nitrogens with zero attached hydrogens (tertiary/aromatic N) is 2. The van der Waals surface area contributed by atoms with Crippen LogP contribution in [0.2, 0.25) is 0 Å². The molecule has 0 aromatic heterocycles. The van der Waals surface area contributed by atoms with Gasteiger partial charge in [0.25, 0.3) is 0 Å². The van der Waals surface area contributed by atoms with Crippen LogP contribution in [0.4, 0.5) is 0 Å². The molecule has 0 bridgehead atoms. The van der Waals surface area contributed by atoms with Crippen molar-refractivity contribution in [3.8, 4) is 6.07 Å². The summed E-state index contributed by atoms with van der Waals surface area (Å²) in [7, 11) is 0. The molecule has 0 spiro atoms. The third-order valence-corrected chi connectivity index (χ3v) is 8.71. The number of carbonyl (C=O) groups excluding carboxylic acids is 1. The standard InChI is InChI=1S/C39H42N2O2/c40-28-16-2-1-9-21-33-30-37(41(38(33)42)29-17-20-32-18-7-3-8-19-32)31-43-39(34-22-10-4-11-23-34,35-24-12-5-13-25-35)36-26-14-6-15-27-36/h3-8,10-15,18-19,22-27,33,37H,1-2,9,16-17,20-21,29-31H2/t33-,37+/m1/s1. The Hall–Kier alpha value is -4.20. The van der Waals surface area contributed by atoms with Crippen molar-refractivity contribution in [2.24, 2.45) is 5.92 Å². The van der Waals surface area contributed by atoms with Crippen LogP contribution in [0.1, 0.15) is 67.2 Å². The summed E-state index contributed by atoms with van der Waals surface area (Å²) in [6, 6.07) is 44.1. The quantitative estimate of drug-likeness (QED) is 0.107. The lowest BCUT2D eigenvalue weighted by Gasteiger charge is -2.38. The van der Waals surface area contributed by atoms with E-state index in [2.05, 4.69) is 108 Å². The number of carbonyl (C=O) groups is 1. The van der Waals surface area contributed by atoms with Crippen molar-refractivity contribution in [3.05, 3.63) is 144 Å². The number of likely N-dealkylation sites (tertiary alicyclic amines) is 1. The first kappa shape index (κ1) is 30.3. The maximum absolute atomic E-state index is 13.8. The Morgan fingerprint density at radius 3 is 1.79 bits per heavy atom. The Morgan fingerprint density at radius 2 is 1.26 bits per heavy atom. The van der Waals surface area contributed by atoms with E-state index in [0.717, 1.165) is 68.2 Å². The molecule has 0 aliphatic carbocycles. The molecule has 4 aromatic carbocycles. The Morgan fingerprint density at radius 1 is 0.721 bits per heavy atom. The topological polar surface area (TPSA) is 53.3 Å². The highest BCUT2D eigenvalue weighted by molar-refractivity contribution is 5.81. The summed E-state index contributed by atoms with van der Waals surface area (Å²) in [5, 5.41) is 8.90. The summed E-state index contributed by atoms with van der Waals surface area (Å²) in [4.78, 5) is 15.9. The van der Waals surface area contributed by atoms with Crippen LogP contribution in [0, 0.1) is 17.2 Å². The van der Waals surface area contributed by atoms with E-state index in [1.165, 1.54) is 5.56 Å². The molecular formula is C39H42N2O2. The zero-order chi connectivity index (χ0) is 29.7. The van der Waals surface area contributed by atoms with Gasteiger partial charge in [-0.15, -0.1) is 0 Å². The highest BCUT2D eigenvalue weighted by Crippen LogP contribution is 2.41. The van der Waals surface area contributed by atoms with E-state index >= 15 is 0 Å². The number of benzene rings is 4. The summed E-state index contributed by atoms with van der Waals surface area (Å²) in [6.45, 7) is 1.17. The predicted molar refractivity (Wildman–Crippen MR) is 172 cm³/mol. The number of nitriles is 1. The van der Waals surface area contributed by atoms with E-state index in [9.17, 15) is 4.79 Å². The van der Waals surface area contributed by atoms with Gasteiger partial charge in [0.05, 0.1) is 18.7 Å². The van der Waals surface area contributed by atoms with Gasteiger partial charge in [0.2, 0.25) is 5.91 Å². The van der Waals surface area contributed by atoms with Crippen LogP contribution in [0.5, 0.6) is 0 Å². The number of rotatable bonds is 15. The van der Waals surface area contributed by atoms with Crippen molar-refractivity contribution in [2.45, 2.75) is 63.0 Å². The summed E-state index contributed by atoms with van der Waals surface area (Å²) in [5.74, 6) is 0.263. The normalized spacial score (nSPS) is 16.7. The minimum Gasteiger partial charge on any atom is -0.359 e. The molecule has 0 saturated carbocycles. The molecule has 1 fully saturated rings. The Labute approximate surface area is 256 Å². The van der Waals surface area contributed by atoms with Gasteiger partial charge < -0.3 is 9.64 Å². The molecule has 0 unspecified atom stereocenters. The third kappa shape index (κ3) is 7.42. The van der Waals surface area contributed by atoms with Crippen LogP contribution in [-0.4, -0.2) is 30.0 Å². The van der Waals surface area contributed by atoms with Crippen LogP contribution in [0.3, 0.4) is 0 Å². The first-order valence-electron chi connectivity index (χ1n) is 15.7. The maximum atomic E-state index is 13.8. The van der Waals surface area contributed by atoms with Gasteiger partial charge in [-0.3, -0.25) is 4.79 Å². The fourth-order valence-corrected chi connectivity index (χ4v) is 6.52. The van der Waals surface area contributed by atoms with E-state index in [-0.39, 0.29) is 17.9 Å². The smallest absolute Gasteiger partial charge is 0.226 e. The highest BCUT2D eigenvalue weighted by Gasteiger charge is 2.43. The Balaban J connectivity index is 1.41. The second-order valence-electron chi connectivity index (χ2n) is 11.6.